The summed E-state index contributed by atoms with van der Waals surface area (Å²) < 4.78 is 0. The van der Waals surface area contributed by atoms with Gasteiger partial charge in [-0.3, -0.25) is 4.79 Å². The quantitative estimate of drug-likeness (QED) is 0.521. The molecule has 0 spiro atoms. The highest BCUT2D eigenvalue weighted by atomic mass is 16.2. The molecule has 1 amide bonds. The first-order chi connectivity index (χ1) is 13.0. The lowest BCUT2D eigenvalue weighted by atomic mass is 10.1. The fourth-order valence-electron chi connectivity index (χ4n) is 3.15. The Morgan fingerprint density at radius 2 is 1.70 bits per heavy atom. The molecule has 0 aliphatic carbocycles. The average molecular weight is 360 g/mol. The van der Waals surface area contributed by atoms with Crippen molar-refractivity contribution in [2.45, 2.75) is 13.0 Å². The SMILES string of the molecule is CC(C(=O)Nc1ccc2[nH]c(=O)[nH]c2c1)N(C)c1ccc2ccccc2c1. The molecule has 4 rings (SSSR count). The molecule has 27 heavy (non-hydrogen) atoms. The number of imidazole rings is 1. The molecule has 1 unspecified atom stereocenters. The minimum atomic E-state index is -0.368. The molecule has 0 radical (unpaired) electrons. The number of aromatic nitrogens is 2. The van der Waals surface area contributed by atoms with Crippen LogP contribution in [-0.2, 0) is 4.79 Å². The number of carbonyl (C=O) groups is 1. The highest BCUT2D eigenvalue weighted by molar-refractivity contribution is 5.98. The second-order valence-electron chi connectivity index (χ2n) is 6.65. The van der Waals surface area contributed by atoms with Crippen molar-refractivity contribution >= 4 is 39.1 Å². The molecule has 1 aromatic heterocycles. The van der Waals surface area contributed by atoms with Crippen molar-refractivity contribution in [1.29, 1.82) is 0 Å². The highest BCUT2D eigenvalue weighted by Crippen LogP contribution is 2.23. The van der Waals surface area contributed by atoms with Gasteiger partial charge in [-0.25, -0.2) is 4.79 Å². The van der Waals surface area contributed by atoms with Crippen LogP contribution in [-0.4, -0.2) is 29.0 Å². The smallest absolute Gasteiger partial charge is 0.323 e. The van der Waals surface area contributed by atoms with E-state index in [1.54, 1.807) is 18.2 Å². The molecule has 0 aliphatic heterocycles. The molecule has 0 saturated heterocycles. The number of rotatable bonds is 4. The molecule has 1 heterocycles. The summed E-state index contributed by atoms with van der Waals surface area (Å²) in [5, 5.41) is 5.22. The number of hydrogen-bond acceptors (Lipinski definition) is 3. The maximum Gasteiger partial charge on any atom is 0.323 e. The van der Waals surface area contributed by atoms with E-state index in [2.05, 4.69) is 39.6 Å². The van der Waals surface area contributed by atoms with E-state index in [9.17, 15) is 9.59 Å². The monoisotopic (exact) mass is 360 g/mol. The summed E-state index contributed by atoms with van der Waals surface area (Å²) in [5.74, 6) is -0.122. The molecule has 0 saturated carbocycles. The second kappa shape index (κ2) is 6.64. The lowest BCUT2D eigenvalue weighted by molar-refractivity contribution is -0.117. The Kier molecular flexibility index (Phi) is 4.16. The summed E-state index contributed by atoms with van der Waals surface area (Å²) in [7, 11) is 1.90. The van der Waals surface area contributed by atoms with Crippen molar-refractivity contribution in [2.24, 2.45) is 0 Å². The van der Waals surface area contributed by atoms with Gasteiger partial charge in [0, 0.05) is 18.4 Å². The number of fused-ring (bicyclic) bond motifs is 2. The van der Waals surface area contributed by atoms with Crippen LogP contribution in [0.2, 0.25) is 0 Å². The van der Waals surface area contributed by atoms with Gasteiger partial charge >= 0.3 is 5.69 Å². The Morgan fingerprint density at radius 3 is 2.52 bits per heavy atom. The predicted molar refractivity (Wildman–Crippen MR) is 109 cm³/mol. The van der Waals surface area contributed by atoms with Gasteiger partial charge in [0.25, 0.3) is 0 Å². The number of amides is 1. The normalized spacial score (nSPS) is 12.2. The van der Waals surface area contributed by atoms with Gasteiger partial charge in [0.2, 0.25) is 5.91 Å². The first-order valence-electron chi connectivity index (χ1n) is 8.76. The number of H-pyrrole nitrogens is 2. The van der Waals surface area contributed by atoms with E-state index < -0.39 is 0 Å². The van der Waals surface area contributed by atoms with Gasteiger partial charge in [-0.1, -0.05) is 30.3 Å². The van der Waals surface area contributed by atoms with Crippen molar-refractivity contribution in [3.05, 3.63) is 71.1 Å². The van der Waals surface area contributed by atoms with Gasteiger partial charge in [-0.15, -0.1) is 0 Å². The predicted octanol–water partition coefficient (Wildman–Crippen LogP) is 3.47. The Bertz CT molecular complexity index is 1190. The molecular formula is C21H20N4O2. The summed E-state index contributed by atoms with van der Waals surface area (Å²) in [6.45, 7) is 1.86. The molecule has 136 valence electrons. The van der Waals surface area contributed by atoms with E-state index in [1.807, 2.05) is 37.1 Å². The minimum Gasteiger partial charge on any atom is -0.363 e. The molecule has 6 nitrogen and oxygen atoms in total. The van der Waals surface area contributed by atoms with Gasteiger partial charge < -0.3 is 20.2 Å². The van der Waals surface area contributed by atoms with Gasteiger partial charge in [-0.2, -0.15) is 0 Å². The minimum absolute atomic E-state index is 0.122. The fraction of sp³-hybridized carbons (Fsp3) is 0.143. The van der Waals surface area contributed by atoms with Crippen molar-refractivity contribution in [1.82, 2.24) is 9.97 Å². The van der Waals surface area contributed by atoms with Crippen molar-refractivity contribution in [3.8, 4) is 0 Å². The lowest BCUT2D eigenvalue weighted by Gasteiger charge is -2.26. The molecule has 0 bridgehead atoms. The summed E-state index contributed by atoms with van der Waals surface area (Å²) in [6.07, 6.45) is 0. The van der Waals surface area contributed by atoms with Crippen LogP contribution in [0, 0.1) is 0 Å². The molecule has 1 atom stereocenters. The number of benzene rings is 3. The Morgan fingerprint density at radius 1 is 0.963 bits per heavy atom. The molecular weight excluding hydrogens is 340 g/mol. The Labute approximate surface area is 155 Å². The molecule has 6 heteroatoms. The van der Waals surface area contributed by atoms with Crippen molar-refractivity contribution in [2.75, 3.05) is 17.3 Å². The molecule has 3 aromatic carbocycles. The largest absolute Gasteiger partial charge is 0.363 e. The zero-order valence-corrected chi connectivity index (χ0v) is 15.1. The van der Waals surface area contributed by atoms with Gasteiger partial charge in [0.05, 0.1) is 11.0 Å². The first kappa shape index (κ1) is 16.9. The van der Waals surface area contributed by atoms with Crippen LogP contribution in [0.3, 0.4) is 0 Å². The number of anilines is 2. The number of aromatic amines is 2. The number of nitrogens with one attached hydrogen (secondary N) is 3. The van der Waals surface area contributed by atoms with E-state index >= 15 is 0 Å². The number of hydrogen-bond donors (Lipinski definition) is 3. The van der Waals surface area contributed by atoms with E-state index in [4.69, 9.17) is 0 Å². The molecule has 3 N–H and O–H groups in total. The average Bonchev–Trinajstić information content (AvgIpc) is 3.05. The van der Waals surface area contributed by atoms with Crippen LogP contribution in [0.5, 0.6) is 0 Å². The number of carbonyl (C=O) groups excluding carboxylic acids is 1. The summed E-state index contributed by atoms with van der Waals surface area (Å²) >= 11 is 0. The van der Waals surface area contributed by atoms with Crippen LogP contribution in [0.25, 0.3) is 21.8 Å². The summed E-state index contributed by atoms with van der Waals surface area (Å²) in [5.41, 5.74) is 2.72. The van der Waals surface area contributed by atoms with Gasteiger partial charge in [0.15, 0.2) is 0 Å². The van der Waals surface area contributed by atoms with Crippen molar-refractivity contribution in [3.63, 3.8) is 0 Å². The lowest BCUT2D eigenvalue weighted by Crippen LogP contribution is -2.39. The summed E-state index contributed by atoms with van der Waals surface area (Å²) in [6, 6.07) is 19.2. The number of likely N-dealkylation sites (N-methyl/N-ethyl adjacent to an activating group) is 1. The fourth-order valence-corrected chi connectivity index (χ4v) is 3.15. The zero-order chi connectivity index (χ0) is 19.0. The van der Waals surface area contributed by atoms with Crippen LogP contribution in [0.15, 0.2) is 65.5 Å². The highest BCUT2D eigenvalue weighted by Gasteiger charge is 2.19. The van der Waals surface area contributed by atoms with E-state index in [0.29, 0.717) is 16.7 Å². The topological polar surface area (TPSA) is 81.0 Å². The van der Waals surface area contributed by atoms with Crippen LogP contribution in [0.1, 0.15) is 6.92 Å². The van der Waals surface area contributed by atoms with Gasteiger partial charge in [0.1, 0.15) is 6.04 Å². The number of nitrogens with zero attached hydrogens (tertiary/aromatic N) is 1. The summed E-state index contributed by atoms with van der Waals surface area (Å²) in [4.78, 5) is 31.4. The molecule has 0 fully saturated rings. The van der Waals surface area contributed by atoms with E-state index in [1.165, 1.54) is 5.39 Å². The second-order valence-corrected chi connectivity index (χ2v) is 6.65. The molecule has 0 aliphatic rings. The van der Waals surface area contributed by atoms with Crippen LogP contribution in [0.4, 0.5) is 11.4 Å². The van der Waals surface area contributed by atoms with Crippen molar-refractivity contribution < 1.29 is 4.79 Å². The third-order valence-corrected chi connectivity index (χ3v) is 4.88. The molecule has 4 aromatic rings. The van der Waals surface area contributed by atoms with Gasteiger partial charge in [-0.05, 0) is 48.0 Å². The third-order valence-electron chi connectivity index (χ3n) is 4.88. The zero-order valence-electron chi connectivity index (χ0n) is 15.1. The Balaban J connectivity index is 1.53. The van der Waals surface area contributed by atoms with E-state index in [-0.39, 0.29) is 17.6 Å². The Hall–Kier alpha value is -3.54. The third kappa shape index (κ3) is 3.29. The maximum absolute atomic E-state index is 12.7. The first-order valence-corrected chi connectivity index (χ1v) is 8.76. The van der Waals surface area contributed by atoms with E-state index in [0.717, 1.165) is 11.1 Å². The van der Waals surface area contributed by atoms with Crippen LogP contribution >= 0.6 is 0 Å². The standard InChI is InChI=1S/C21H20N4O2/c1-13(25(2)17-9-7-14-5-3-4-6-15(14)11-17)20(26)22-16-8-10-18-19(12-16)24-21(27)23-18/h3-13H,1-2H3,(H,22,26)(H2,23,24,27). The van der Waals surface area contributed by atoms with Crippen LogP contribution < -0.4 is 15.9 Å². The maximum atomic E-state index is 12.7.